The Balaban J connectivity index is 1.23. The summed E-state index contributed by atoms with van der Waals surface area (Å²) in [6, 6.07) is 12.6. The van der Waals surface area contributed by atoms with Crippen molar-refractivity contribution in [3.63, 3.8) is 0 Å². The van der Waals surface area contributed by atoms with Gasteiger partial charge < -0.3 is 10.1 Å². The van der Waals surface area contributed by atoms with Gasteiger partial charge in [0.05, 0.1) is 23.1 Å². The van der Waals surface area contributed by atoms with Crippen molar-refractivity contribution in [3.8, 4) is 0 Å². The van der Waals surface area contributed by atoms with Crippen LogP contribution in [0.1, 0.15) is 46.9 Å². The summed E-state index contributed by atoms with van der Waals surface area (Å²) < 4.78 is 5.12. The Morgan fingerprint density at radius 2 is 1.59 bits per heavy atom. The maximum Gasteiger partial charge on any atom is 0.338 e. The minimum atomic E-state index is -0.742. The van der Waals surface area contributed by atoms with Gasteiger partial charge in [0, 0.05) is 11.3 Å². The van der Waals surface area contributed by atoms with E-state index in [1.54, 1.807) is 30.3 Å². The van der Waals surface area contributed by atoms with Crippen molar-refractivity contribution >= 4 is 40.8 Å². The van der Waals surface area contributed by atoms with Crippen LogP contribution in [0.2, 0.25) is 0 Å². The Morgan fingerprint density at radius 3 is 2.26 bits per heavy atom. The lowest BCUT2D eigenvalue weighted by molar-refractivity contribution is -0.123. The summed E-state index contributed by atoms with van der Waals surface area (Å²) in [6.07, 6.45) is 2.94. The molecule has 1 N–H and O–H groups in total. The highest BCUT2D eigenvalue weighted by atomic mass is 16.5. The third kappa shape index (κ3) is 3.79. The zero-order valence-corrected chi connectivity index (χ0v) is 18.7. The van der Waals surface area contributed by atoms with Gasteiger partial charge in [0.2, 0.25) is 11.8 Å². The summed E-state index contributed by atoms with van der Waals surface area (Å²) >= 11 is 0. The SMILES string of the molecule is CC(=O)c1cccc(NC(=O)COC(=O)c2cccc(N3C(=O)[C@@H]4[C@H]5CC[C@@H](C5)[C@H]4C3=O)c2)c1. The minimum absolute atomic E-state index is 0.131. The van der Waals surface area contributed by atoms with E-state index >= 15 is 0 Å². The van der Waals surface area contributed by atoms with Gasteiger partial charge in [0.15, 0.2) is 12.4 Å². The largest absolute Gasteiger partial charge is 0.452 e. The van der Waals surface area contributed by atoms with E-state index in [1.807, 2.05) is 0 Å². The average molecular weight is 460 g/mol. The predicted octanol–water partition coefficient (Wildman–Crippen LogP) is 3.22. The van der Waals surface area contributed by atoms with E-state index in [9.17, 15) is 24.0 Å². The van der Waals surface area contributed by atoms with E-state index in [-0.39, 0.29) is 46.8 Å². The number of nitrogens with zero attached hydrogens (tertiary/aromatic N) is 1. The number of ketones is 1. The quantitative estimate of drug-likeness (QED) is 0.403. The lowest BCUT2D eigenvalue weighted by atomic mass is 9.81. The molecule has 0 radical (unpaired) electrons. The van der Waals surface area contributed by atoms with Gasteiger partial charge in [0.25, 0.3) is 5.91 Å². The Morgan fingerprint density at radius 1 is 0.941 bits per heavy atom. The number of rotatable bonds is 6. The second kappa shape index (κ2) is 8.52. The van der Waals surface area contributed by atoms with Gasteiger partial charge in [-0.1, -0.05) is 18.2 Å². The van der Waals surface area contributed by atoms with Gasteiger partial charge in [-0.15, -0.1) is 0 Å². The molecule has 4 atom stereocenters. The molecule has 0 spiro atoms. The standard InChI is InChI=1S/C26H24N2O6/c1-14(29)15-4-2-6-19(11-15)27-21(30)13-34-26(33)18-5-3-7-20(12-18)28-24(31)22-16-8-9-17(10-16)23(22)25(28)32/h2-7,11-12,16-17,22-23H,8-10,13H2,1H3,(H,27,30)/t16-,17-,22+,23+/m0/s1. The van der Waals surface area contributed by atoms with Gasteiger partial charge in [-0.05, 0) is 68.4 Å². The van der Waals surface area contributed by atoms with Crippen LogP contribution in [0.5, 0.6) is 0 Å². The lowest BCUT2D eigenvalue weighted by Crippen LogP contribution is -2.32. The number of hydrogen-bond donors (Lipinski definition) is 1. The number of benzene rings is 2. The molecule has 0 unspecified atom stereocenters. The van der Waals surface area contributed by atoms with Crippen LogP contribution in [0.15, 0.2) is 48.5 Å². The number of imide groups is 1. The van der Waals surface area contributed by atoms with Crippen LogP contribution in [-0.4, -0.2) is 36.1 Å². The smallest absolute Gasteiger partial charge is 0.338 e. The molecule has 1 saturated heterocycles. The molecule has 0 aromatic heterocycles. The maximum absolute atomic E-state index is 13.0. The van der Waals surface area contributed by atoms with Crippen molar-refractivity contribution in [2.75, 3.05) is 16.8 Å². The fourth-order valence-electron chi connectivity index (χ4n) is 5.66. The van der Waals surface area contributed by atoms with Crippen LogP contribution >= 0.6 is 0 Å². The van der Waals surface area contributed by atoms with Crippen LogP contribution in [0, 0.1) is 23.7 Å². The van der Waals surface area contributed by atoms with Crippen molar-refractivity contribution in [2.24, 2.45) is 23.7 Å². The lowest BCUT2D eigenvalue weighted by Gasteiger charge is -2.19. The first-order valence-corrected chi connectivity index (χ1v) is 11.4. The first-order chi connectivity index (χ1) is 16.3. The van der Waals surface area contributed by atoms with E-state index in [0.717, 1.165) is 19.3 Å². The number of carbonyl (C=O) groups is 5. The van der Waals surface area contributed by atoms with Gasteiger partial charge >= 0.3 is 5.97 Å². The monoisotopic (exact) mass is 460 g/mol. The molecule has 8 nitrogen and oxygen atoms in total. The fraction of sp³-hybridized carbons (Fsp3) is 0.346. The second-order valence-electron chi connectivity index (χ2n) is 9.21. The summed E-state index contributed by atoms with van der Waals surface area (Å²) in [6.45, 7) is 0.902. The number of esters is 1. The number of hydrogen-bond acceptors (Lipinski definition) is 6. The molecule has 34 heavy (non-hydrogen) atoms. The molecule has 1 heterocycles. The summed E-state index contributed by atoms with van der Waals surface area (Å²) in [7, 11) is 0. The van der Waals surface area contributed by atoms with Gasteiger partial charge in [-0.25, -0.2) is 4.79 Å². The molecular formula is C26H24N2O6. The topological polar surface area (TPSA) is 110 Å². The molecule has 5 rings (SSSR count). The first-order valence-electron chi connectivity index (χ1n) is 11.4. The zero-order chi connectivity index (χ0) is 24.0. The minimum Gasteiger partial charge on any atom is -0.452 e. The van der Waals surface area contributed by atoms with Gasteiger partial charge in [-0.2, -0.15) is 0 Å². The molecule has 8 heteroatoms. The van der Waals surface area contributed by atoms with E-state index in [0.29, 0.717) is 16.9 Å². The Hall–Kier alpha value is -3.81. The summed E-state index contributed by atoms with van der Waals surface area (Å²) in [5, 5.41) is 2.58. The Labute approximate surface area is 196 Å². The van der Waals surface area contributed by atoms with Crippen molar-refractivity contribution in [1.29, 1.82) is 0 Å². The fourth-order valence-corrected chi connectivity index (χ4v) is 5.66. The normalized spacial score (nSPS) is 24.8. The third-order valence-electron chi connectivity index (χ3n) is 7.15. The van der Waals surface area contributed by atoms with Crippen molar-refractivity contribution in [1.82, 2.24) is 0 Å². The molecule has 174 valence electrons. The Kier molecular flexibility index (Phi) is 5.51. The number of fused-ring (bicyclic) bond motifs is 5. The number of Topliss-reactive ketones (excluding diaryl/α,β-unsaturated/α-hetero) is 1. The first kappa shape index (κ1) is 22.0. The molecule has 2 bridgehead atoms. The van der Waals surface area contributed by atoms with Crippen LogP contribution in [0.4, 0.5) is 11.4 Å². The van der Waals surface area contributed by atoms with Crippen LogP contribution in [-0.2, 0) is 19.1 Å². The van der Waals surface area contributed by atoms with Crippen molar-refractivity contribution in [3.05, 3.63) is 59.7 Å². The molecular weight excluding hydrogens is 436 g/mol. The molecule has 2 saturated carbocycles. The number of ether oxygens (including phenoxy) is 1. The van der Waals surface area contributed by atoms with Gasteiger partial charge in [0.1, 0.15) is 0 Å². The highest BCUT2D eigenvalue weighted by molar-refractivity contribution is 6.22. The number of amides is 3. The molecule has 3 fully saturated rings. The molecule has 2 aromatic rings. The molecule has 2 aromatic carbocycles. The zero-order valence-electron chi connectivity index (χ0n) is 18.7. The van der Waals surface area contributed by atoms with E-state index in [2.05, 4.69) is 5.32 Å². The highest BCUT2D eigenvalue weighted by Gasteiger charge is 2.61. The predicted molar refractivity (Wildman–Crippen MR) is 122 cm³/mol. The number of anilines is 2. The van der Waals surface area contributed by atoms with E-state index in [4.69, 9.17) is 4.74 Å². The van der Waals surface area contributed by atoms with Crippen molar-refractivity contribution in [2.45, 2.75) is 26.2 Å². The van der Waals surface area contributed by atoms with Crippen molar-refractivity contribution < 1.29 is 28.7 Å². The average Bonchev–Trinajstić information content (AvgIpc) is 3.51. The summed E-state index contributed by atoms with van der Waals surface area (Å²) in [5.41, 5.74) is 1.37. The van der Waals surface area contributed by atoms with Crippen LogP contribution < -0.4 is 10.2 Å². The van der Waals surface area contributed by atoms with E-state index < -0.39 is 18.5 Å². The second-order valence-corrected chi connectivity index (χ2v) is 9.21. The number of nitrogens with one attached hydrogen (secondary N) is 1. The summed E-state index contributed by atoms with van der Waals surface area (Å²) in [4.78, 5) is 63.5. The summed E-state index contributed by atoms with van der Waals surface area (Å²) in [5.74, 6) is -1.72. The molecule has 3 aliphatic rings. The molecule has 3 amide bonds. The van der Waals surface area contributed by atoms with Crippen LogP contribution in [0.25, 0.3) is 0 Å². The third-order valence-corrected chi connectivity index (χ3v) is 7.15. The maximum atomic E-state index is 13.0. The number of carbonyl (C=O) groups excluding carboxylic acids is 5. The van der Waals surface area contributed by atoms with Gasteiger partial charge in [-0.3, -0.25) is 24.1 Å². The molecule has 2 aliphatic carbocycles. The molecule has 1 aliphatic heterocycles. The van der Waals surface area contributed by atoms with Crippen LogP contribution in [0.3, 0.4) is 0 Å². The highest BCUT2D eigenvalue weighted by Crippen LogP contribution is 2.56. The Bertz CT molecular complexity index is 1190. The van der Waals surface area contributed by atoms with E-state index in [1.165, 1.54) is 30.0 Å².